The normalized spacial score (nSPS) is 10.2. The van der Waals surface area contributed by atoms with Crippen LogP contribution in [0.15, 0.2) is 24.3 Å². The molecular formula is C13H19ClN2O2. The first kappa shape index (κ1) is 14.8. The first-order valence-electron chi connectivity index (χ1n) is 5.96. The molecule has 0 unspecified atom stereocenters. The molecule has 0 fully saturated rings. The Kier molecular flexibility index (Phi) is 6.54. The first-order valence-corrected chi connectivity index (χ1v) is 6.34. The monoisotopic (exact) mass is 270 g/mol. The van der Waals surface area contributed by atoms with Crippen molar-refractivity contribution in [3.8, 4) is 5.75 Å². The maximum Gasteiger partial charge on any atom is 0.236 e. The third-order valence-electron chi connectivity index (χ3n) is 2.44. The number of hydrogen-bond donors (Lipinski definition) is 1. The number of nitrogens with one attached hydrogen (secondary N) is 1. The summed E-state index contributed by atoms with van der Waals surface area (Å²) in [5.74, 6) is 0.779. The summed E-state index contributed by atoms with van der Waals surface area (Å²) >= 11 is 5.84. The molecule has 0 spiro atoms. The number of nitrogens with zero attached hydrogens (tertiary/aromatic N) is 1. The van der Waals surface area contributed by atoms with Crippen LogP contribution in [0, 0.1) is 0 Å². The van der Waals surface area contributed by atoms with Crippen LogP contribution in [0.25, 0.3) is 0 Å². The molecule has 0 aliphatic heterocycles. The first-order chi connectivity index (χ1) is 8.63. The second-order valence-corrected chi connectivity index (χ2v) is 4.34. The van der Waals surface area contributed by atoms with E-state index in [2.05, 4.69) is 5.32 Å². The van der Waals surface area contributed by atoms with Crippen molar-refractivity contribution in [3.05, 3.63) is 29.3 Å². The zero-order valence-corrected chi connectivity index (χ0v) is 11.5. The van der Waals surface area contributed by atoms with E-state index in [1.807, 2.05) is 19.1 Å². The van der Waals surface area contributed by atoms with E-state index >= 15 is 0 Å². The van der Waals surface area contributed by atoms with Gasteiger partial charge in [-0.15, -0.1) is 0 Å². The van der Waals surface area contributed by atoms with Gasteiger partial charge in [0.05, 0.1) is 13.1 Å². The molecule has 0 saturated carbocycles. The maximum atomic E-state index is 11.6. The zero-order valence-electron chi connectivity index (χ0n) is 10.8. The molecule has 0 radical (unpaired) electrons. The van der Waals surface area contributed by atoms with E-state index in [9.17, 15) is 4.79 Å². The van der Waals surface area contributed by atoms with E-state index in [4.69, 9.17) is 16.3 Å². The minimum Gasteiger partial charge on any atom is -0.492 e. The van der Waals surface area contributed by atoms with E-state index in [1.54, 1.807) is 24.1 Å². The van der Waals surface area contributed by atoms with Gasteiger partial charge in [-0.1, -0.05) is 24.6 Å². The third-order valence-corrected chi connectivity index (χ3v) is 2.68. The van der Waals surface area contributed by atoms with Crippen molar-refractivity contribution in [1.29, 1.82) is 0 Å². The SMILES string of the molecule is CCNCC(=O)N(C)CCOc1cccc(Cl)c1. The lowest BCUT2D eigenvalue weighted by atomic mass is 10.3. The van der Waals surface area contributed by atoms with Crippen molar-refractivity contribution in [2.24, 2.45) is 0 Å². The van der Waals surface area contributed by atoms with Gasteiger partial charge in [-0.2, -0.15) is 0 Å². The molecule has 0 bridgehead atoms. The Balaban J connectivity index is 2.26. The molecule has 1 amide bonds. The standard InChI is InChI=1S/C13H19ClN2O2/c1-3-15-10-13(17)16(2)7-8-18-12-6-4-5-11(14)9-12/h4-6,9,15H,3,7-8,10H2,1-2H3. The van der Waals surface area contributed by atoms with Crippen molar-refractivity contribution in [2.45, 2.75) is 6.92 Å². The summed E-state index contributed by atoms with van der Waals surface area (Å²) in [5.41, 5.74) is 0. The molecule has 18 heavy (non-hydrogen) atoms. The van der Waals surface area contributed by atoms with Crippen LogP contribution in [0.5, 0.6) is 5.75 Å². The van der Waals surface area contributed by atoms with E-state index < -0.39 is 0 Å². The number of carbonyl (C=O) groups excluding carboxylic acids is 1. The van der Waals surface area contributed by atoms with Gasteiger partial charge in [0.25, 0.3) is 0 Å². The lowest BCUT2D eigenvalue weighted by molar-refractivity contribution is -0.129. The van der Waals surface area contributed by atoms with Gasteiger partial charge >= 0.3 is 0 Å². The van der Waals surface area contributed by atoms with Crippen LogP contribution in [0.4, 0.5) is 0 Å². The number of hydrogen-bond acceptors (Lipinski definition) is 3. The Morgan fingerprint density at radius 1 is 1.50 bits per heavy atom. The fraction of sp³-hybridized carbons (Fsp3) is 0.462. The molecule has 4 nitrogen and oxygen atoms in total. The molecule has 0 heterocycles. The van der Waals surface area contributed by atoms with Crippen molar-refractivity contribution in [2.75, 3.05) is 33.3 Å². The van der Waals surface area contributed by atoms with Gasteiger partial charge in [0, 0.05) is 12.1 Å². The van der Waals surface area contributed by atoms with Crippen LogP contribution in [0.3, 0.4) is 0 Å². The predicted molar refractivity (Wildman–Crippen MR) is 73.1 cm³/mol. The van der Waals surface area contributed by atoms with Gasteiger partial charge in [-0.3, -0.25) is 4.79 Å². The topological polar surface area (TPSA) is 41.6 Å². The lowest BCUT2D eigenvalue weighted by Crippen LogP contribution is -2.37. The van der Waals surface area contributed by atoms with Crippen LogP contribution in [0.2, 0.25) is 5.02 Å². The molecule has 100 valence electrons. The third kappa shape index (κ3) is 5.38. The summed E-state index contributed by atoms with van der Waals surface area (Å²) in [5, 5.41) is 3.64. The van der Waals surface area contributed by atoms with Crippen LogP contribution < -0.4 is 10.1 Å². The van der Waals surface area contributed by atoms with Crippen LogP contribution in [-0.2, 0) is 4.79 Å². The fourth-order valence-corrected chi connectivity index (χ4v) is 1.53. The van der Waals surface area contributed by atoms with Gasteiger partial charge < -0.3 is 15.0 Å². The number of halogens is 1. The number of rotatable bonds is 7. The smallest absolute Gasteiger partial charge is 0.236 e. The van der Waals surface area contributed by atoms with Crippen molar-refractivity contribution < 1.29 is 9.53 Å². The molecule has 0 saturated heterocycles. The van der Waals surface area contributed by atoms with Crippen LogP contribution in [-0.4, -0.2) is 44.1 Å². The fourth-order valence-electron chi connectivity index (χ4n) is 1.35. The average Bonchev–Trinajstić information content (AvgIpc) is 2.35. The number of carbonyl (C=O) groups is 1. The second-order valence-electron chi connectivity index (χ2n) is 3.90. The minimum absolute atomic E-state index is 0.0616. The van der Waals surface area contributed by atoms with Gasteiger partial charge in [0.1, 0.15) is 12.4 Å². The summed E-state index contributed by atoms with van der Waals surface area (Å²) < 4.78 is 5.51. The van der Waals surface area contributed by atoms with Gasteiger partial charge in [-0.25, -0.2) is 0 Å². The highest BCUT2D eigenvalue weighted by molar-refractivity contribution is 6.30. The molecule has 1 rings (SSSR count). The molecule has 5 heteroatoms. The summed E-state index contributed by atoms with van der Waals surface area (Å²) in [7, 11) is 1.76. The number of amides is 1. The quantitative estimate of drug-likeness (QED) is 0.821. The zero-order chi connectivity index (χ0) is 13.4. The number of likely N-dealkylation sites (N-methyl/N-ethyl adjacent to an activating group) is 2. The molecule has 1 aromatic carbocycles. The van der Waals surface area contributed by atoms with Gasteiger partial charge in [-0.05, 0) is 24.7 Å². The molecule has 0 aliphatic rings. The highest BCUT2D eigenvalue weighted by Crippen LogP contribution is 2.16. The largest absolute Gasteiger partial charge is 0.492 e. The summed E-state index contributed by atoms with van der Waals surface area (Å²) in [4.78, 5) is 13.2. The molecule has 0 aromatic heterocycles. The second kappa shape index (κ2) is 7.95. The van der Waals surface area contributed by atoms with Crippen molar-refractivity contribution in [3.63, 3.8) is 0 Å². The Morgan fingerprint density at radius 2 is 2.28 bits per heavy atom. The van der Waals surface area contributed by atoms with E-state index in [1.165, 1.54) is 0 Å². The summed E-state index contributed by atoms with van der Waals surface area (Å²) in [6.07, 6.45) is 0. The highest BCUT2D eigenvalue weighted by Gasteiger charge is 2.07. The Hall–Kier alpha value is -1.26. The number of benzene rings is 1. The molecule has 1 N–H and O–H groups in total. The van der Waals surface area contributed by atoms with E-state index in [-0.39, 0.29) is 5.91 Å². The average molecular weight is 271 g/mol. The van der Waals surface area contributed by atoms with Crippen LogP contribution >= 0.6 is 11.6 Å². The molecule has 0 aliphatic carbocycles. The van der Waals surface area contributed by atoms with E-state index in [0.29, 0.717) is 24.7 Å². The predicted octanol–water partition coefficient (Wildman–Crippen LogP) is 1.79. The van der Waals surface area contributed by atoms with Crippen molar-refractivity contribution >= 4 is 17.5 Å². The van der Waals surface area contributed by atoms with Crippen molar-refractivity contribution in [1.82, 2.24) is 10.2 Å². The molecule has 0 atom stereocenters. The Labute approximate surface area is 113 Å². The molecular weight excluding hydrogens is 252 g/mol. The minimum atomic E-state index is 0.0616. The summed E-state index contributed by atoms with van der Waals surface area (Å²) in [6, 6.07) is 7.21. The lowest BCUT2D eigenvalue weighted by Gasteiger charge is -2.17. The molecule has 1 aromatic rings. The Morgan fingerprint density at radius 3 is 2.94 bits per heavy atom. The van der Waals surface area contributed by atoms with Gasteiger partial charge in [0.2, 0.25) is 5.91 Å². The highest BCUT2D eigenvalue weighted by atomic mass is 35.5. The van der Waals surface area contributed by atoms with Gasteiger partial charge in [0.15, 0.2) is 0 Å². The number of ether oxygens (including phenoxy) is 1. The van der Waals surface area contributed by atoms with E-state index in [0.717, 1.165) is 12.3 Å². The summed E-state index contributed by atoms with van der Waals surface area (Å²) in [6.45, 7) is 4.13. The maximum absolute atomic E-state index is 11.6. The van der Waals surface area contributed by atoms with Crippen LogP contribution in [0.1, 0.15) is 6.92 Å². The Bertz CT molecular complexity index is 385.